The predicted octanol–water partition coefficient (Wildman–Crippen LogP) is 3.03. The van der Waals surface area contributed by atoms with E-state index < -0.39 is 5.82 Å². The maximum atomic E-state index is 13.2. The third-order valence-corrected chi connectivity index (χ3v) is 1.90. The van der Waals surface area contributed by atoms with Gasteiger partial charge in [-0.15, -0.1) is 0 Å². The summed E-state index contributed by atoms with van der Waals surface area (Å²) in [5.41, 5.74) is 0.808. The molecule has 1 nitrogen and oxygen atoms in total. The molecule has 1 aromatic heterocycles. The van der Waals surface area contributed by atoms with Gasteiger partial charge in [0, 0.05) is 18.0 Å². The van der Waals surface area contributed by atoms with Crippen molar-refractivity contribution in [3.05, 3.63) is 54.4 Å². The van der Waals surface area contributed by atoms with Gasteiger partial charge in [0.05, 0.1) is 0 Å². The van der Waals surface area contributed by atoms with E-state index >= 15 is 0 Å². The van der Waals surface area contributed by atoms with Gasteiger partial charge in [-0.2, -0.15) is 0 Å². The molecule has 70 valence electrons. The molecule has 0 bridgehead atoms. The molecule has 2 aromatic rings. The van der Waals surface area contributed by atoms with Crippen LogP contribution in [0.3, 0.4) is 0 Å². The van der Waals surface area contributed by atoms with Crippen molar-refractivity contribution in [1.29, 1.82) is 0 Å². The number of aromatic nitrogens is 1. The summed E-state index contributed by atoms with van der Waals surface area (Å²) in [4.78, 5) is 3.79. The molecule has 14 heavy (non-hydrogen) atoms. The van der Waals surface area contributed by atoms with Crippen LogP contribution in [0.4, 0.5) is 8.78 Å². The number of benzene rings is 1. The number of nitrogens with zero attached hydrogens (tertiary/aromatic N) is 1. The molecular weight excluding hydrogens is 184 g/mol. The summed E-state index contributed by atoms with van der Waals surface area (Å²) in [5, 5.41) is 0. The van der Waals surface area contributed by atoms with Crippen LogP contribution in [0, 0.1) is 11.6 Å². The largest absolute Gasteiger partial charge is 0.264 e. The van der Waals surface area contributed by atoms with Crippen LogP contribution >= 0.6 is 0 Å². The standard InChI is InChI=1S/C11H7F2N/c12-9-3-1-2-8(6-9)10-7-14-5-4-11(10)13/h1-7H. The third-order valence-electron chi connectivity index (χ3n) is 1.90. The first kappa shape index (κ1) is 8.81. The molecule has 0 amide bonds. The zero-order valence-electron chi connectivity index (χ0n) is 7.24. The highest BCUT2D eigenvalue weighted by atomic mass is 19.1. The van der Waals surface area contributed by atoms with Crippen molar-refractivity contribution in [2.75, 3.05) is 0 Å². The Morgan fingerprint density at radius 2 is 1.93 bits per heavy atom. The van der Waals surface area contributed by atoms with Gasteiger partial charge in [-0.1, -0.05) is 12.1 Å². The average Bonchev–Trinajstić information content (AvgIpc) is 2.18. The molecule has 0 aliphatic rings. The van der Waals surface area contributed by atoms with Gasteiger partial charge >= 0.3 is 0 Å². The van der Waals surface area contributed by atoms with Gasteiger partial charge in [-0.25, -0.2) is 8.78 Å². The Morgan fingerprint density at radius 1 is 1.07 bits per heavy atom. The third kappa shape index (κ3) is 1.62. The predicted molar refractivity (Wildman–Crippen MR) is 49.6 cm³/mol. The van der Waals surface area contributed by atoms with Crippen molar-refractivity contribution >= 4 is 0 Å². The van der Waals surface area contributed by atoms with Crippen LogP contribution < -0.4 is 0 Å². The molecule has 2 rings (SSSR count). The van der Waals surface area contributed by atoms with E-state index in [0.29, 0.717) is 11.1 Å². The van der Waals surface area contributed by atoms with Gasteiger partial charge < -0.3 is 0 Å². The Labute approximate surface area is 80.0 Å². The molecule has 1 aromatic carbocycles. The summed E-state index contributed by atoms with van der Waals surface area (Å²) in [5.74, 6) is -0.781. The topological polar surface area (TPSA) is 12.9 Å². The van der Waals surface area contributed by atoms with Crippen LogP contribution in [-0.2, 0) is 0 Å². The minimum atomic E-state index is -0.398. The molecule has 0 unspecified atom stereocenters. The fraction of sp³-hybridized carbons (Fsp3) is 0. The summed E-state index contributed by atoms with van der Waals surface area (Å²) in [6.45, 7) is 0. The monoisotopic (exact) mass is 191 g/mol. The Morgan fingerprint density at radius 3 is 2.64 bits per heavy atom. The fourth-order valence-electron chi connectivity index (χ4n) is 1.25. The van der Waals surface area contributed by atoms with Crippen molar-refractivity contribution in [3.8, 4) is 11.1 Å². The lowest BCUT2D eigenvalue weighted by molar-refractivity contribution is 0.623. The first-order valence-electron chi connectivity index (χ1n) is 4.13. The van der Waals surface area contributed by atoms with E-state index in [0.717, 1.165) is 0 Å². The maximum Gasteiger partial charge on any atom is 0.134 e. The number of pyridine rings is 1. The minimum absolute atomic E-state index is 0.312. The second-order valence-electron chi connectivity index (χ2n) is 2.87. The summed E-state index contributed by atoms with van der Waals surface area (Å²) in [6.07, 6.45) is 2.74. The van der Waals surface area contributed by atoms with E-state index in [9.17, 15) is 8.78 Å². The van der Waals surface area contributed by atoms with E-state index in [2.05, 4.69) is 4.98 Å². The Bertz CT molecular complexity index is 455. The molecule has 0 radical (unpaired) electrons. The highest BCUT2D eigenvalue weighted by Crippen LogP contribution is 2.21. The lowest BCUT2D eigenvalue weighted by Gasteiger charge is -2.01. The van der Waals surface area contributed by atoms with Crippen molar-refractivity contribution in [2.45, 2.75) is 0 Å². The lowest BCUT2D eigenvalue weighted by Crippen LogP contribution is -1.86. The van der Waals surface area contributed by atoms with Gasteiger partial charge in [0.2, 0.25) is 0 Å². The Kier molecular flexibility index (Phi) is 2.23. The molecule has 3 heteroatoms. The normalized spacial score (nSPS) is 10.1. The molecule has 0 aliphatic carbocycles. The average molecular weight is 191 g/mol. The molecule has 0 saturated carbocycles. The molecule has 0 N–H and O–H groups in total. The molecule has 0 aliphatic heterocycles. The fourth-order valence-corrected chi connectivity index (χ4v) is 1.25. The smallest absolute Gasteiger partial charge is 0.134 e. The highest BCUT2D eigenvalue weighted by Gasteiger charge is 2.04. The van der Waals surface area contributed by atoms with Crippen LogP contribution in [-0.4, -0.2) is 4.98 Å². The number of halogens is 2. The van der Waals surface area contributed by atoms with E-state index in [1.807, 2.05) is 0 Å². The molecule has 0 fully saturated rings. The SMILES string of the molecule is Fc1cccc(-c2cnccc2F)c1. The van der Waals surface area contributed by atoms with Crippen LogP contribution in [0.25, 0.3) is 11.1 Å². The first-order valence-corrected chi connectivity index (χ1v) is 4.13. The summed E-state index contributed by atoms with van der Waals surface area (Å²) >= 11 is 0. The van der Waals surface area contributed by atoms with Gasteiger partial charge in [0.15, 0.2) is 0 Å². The molecular formula is C11H7F2N. The molecule has 0 saturated heterocycles. The first-order chi connectivity index (χ1) is 6.77. The van der Waals surface area contributed by atoms with E-state index in [1.165, 1.54) is 36.7 Å². The number of hydrogen-bond acceptors (Lipinski definition) is 1. The van der Waals surface area contributed by atoms with Crippen LogP contribution in [0.1, 0.15) is 0 Å². The maximum absolute atomic E-state index is 13.2. The van der Waals surface area contributed by atoms with Crippen LogP contribution in [0.15, 0.2) is 42.7 Å². The summed E-state index contributed by atoms with van der Waals surface area (Å²) in [6, 6.07) is 7.03. The molecule has 0 atom stereocenters. The zero-order valence-corrected chi connectivity index (χ0v) is 7.24. The van der Waals surface area contributed by atoms with Crippen LogP contribution in [0.5, 0.6) is 0 Å². The summed E-state index contributed by atoms with van der Waals surface area (Å²) < 4.78 is 26.1. The quantitative estimate of drug-likeness (QED) is 0.675. The van der Waals surface area contributed by atoms with E-state index in [1.54, 1.807) is 6.07 Å². The van der Waals surface area contributed by atoms with Gasteiger partial charge in [-0.3, -0.25) is 4.98 Å². The molecule has 1 heterocycles. The number of hydrogen-bond donors (Lipinski definition) is 0. The van der Waals surface area contributed by atoms with E-state index in [-0.39, 0.29) is 5.82 Å². The van der Waals surface area contributed by atoms with Crippen molar-refractivity contribution in [2.24, 2.45) is 0 Å². The lowest BCUT2D eigenvalue weighted by atomic mass is 10.1. The number of rotatable bonds is 1. The van der Waals surface area contributed by atoms with Crippen molar-refractivity contribution in [1.82, 2.24) is 4.98 Å². The van der Waals surface area contributed by atoms with E-state index in [4.69, 9.17) is 0 Å². The second-order valence-corrected chi connectivity index (χ2v) is 2.87. The van der Waals surface area contributed by atoms with Gasteiger partial charge in [-0.05, 0) is 23.8 Å². The van der Waals surface area contributed by atoms with Gasteiger partial charge in [0.1, 0.15) is 11.6 Å². The minimum Gasteiger partial charge on any atom is -0.264 e. The Balaban J connectivity index is 2.55. The highest BCUT2D eigenvalue weighted by molar-refractivity contribution is 5.62. The summed E-state index contributed by atoms with van der Waals surface area (Å²) in [7, 11) is 0. The van der Waals surface area contributed by atoms with Crippen LogP contribution in [0.2, 0.25) is 0 Å². The molecule has 0 spiro atoms. The second kappa shape index (κ2) is 3.54. The zero-order chi connectivity index (χ0) is 9.97. The Hall–Kier alpha value is -1.77. The van der Waals surface area contributed by atoms with Crippen molar-refractivity contribution < 1.29 is 8.78 Å². The van der Waals surface area contributed by atoms with Gasteiger partial charge in [0.25, 0.3) is 0 Å². The van der Waals surface area contributed by atoms with Crippen molar-refractivity contribution in [3.63, 3.8) is 0 Å².